The van der Waals surface area contributed by atoms with Crippen molar-refractivity contribution in [3.8, 4) is 0 Å². The Hall–Kier alpha value is -1.50. The first-order valence-electron chi connectivity index (χ1n) is 7.46. The van der Waals surface area contributed by atoms with Gasteiger partial charge in [-0.2, -0.15) is 0 Å². The van der Waals surface area contributed by atoms with Crippen molar-refractivity contribution in [2.24, 2.45) is 5.73 Å². The third kappa shape index (κ3) is 5.08. The van der Waals surface area contributed by atoms with E-state index < -0.39 is 0 Å². The van der Waals surface area contributed by atoms with Gasteiger partial charge in [0.05, 0.1) is 11.0 Å². The van der Waals surface area contributed by atoms with E-state index in [4.69, 9.17) is 10.5 Å². The van der Waals surface area contributed by atoms with Gasteiger partial charge in [0.1, 0.15) is 0 Å². The molecule has 2 N–H and O–H groups in total. The fraction of sp³-hybridized carbons (Fsp3) is 0.600. The monoisotopic (exact) mass is 293 g/mol. The van der Waals surface area contributed by atoms with Gasteiger partial charge < -0.3 is 10.5 Å². The molecule has 6 nitrogen and oxygen atoms in total. The molecule has 21 heavy (non-hydrogen) atoms. The molecule has 1 heterocycles. The fourth-order valence-corrected chi connectivity index (χ4v) is 2.55. The lowest BCUT2D eigenvalue weighted by Gasteiger charge is -2.31. The van der Waals surface area contributed by atoms with Crippen molar-refractivity contribution in [1.82, 2.24) is 4.90 Å². The van der Waals surface area contributed by atoms with E-state index in [1.54, 1.807) is 12.1 Å². The van der Waals surface area contributed by atoms with Crippen molar-refractivity contribution in [2.75, 3.05) is 26.2 Å². The molecule has 0 spiro atoms. The minimum Gasteiger partial charge on any atom is -0.378 e. The second-order valence-corrected chi connectivity index (χ2v) is 5.41. The molecule has 116 valence electrons. The second-order valence-electron chi connectivity index (χ2n) is 5.41. The van der Waals surface area contributed by atoms with Gasteiger partial charge in [-0.1, -0.05) is 12.1 Å². The van der Waals surface area contributed by atoms with E-state index in [1.807, 2.05) is 12.1 Å². The summed E-state index contributed by atoms with van der Waals surface area (Å²) in [5.74, 6) is 0. The molecule has 0 aliphatic carbocycles. The Morgan fingerprint density at radius 2 is 1.95 bits per heavy atom. The summed E-state index contributed by atoms with van der Waals surface area (Å²) >= 11 is 0. The molecule has 0 aromatic heterocycles. The Morgan fingerprint density at radius 1 is 1.29 bits per heavy atom. The molecule has 0 saturated carbocycles. The van der Waals surface area contributed by atoms with Crippen LogP contribution in [-0.2, 0) is 11.3 Å². The molecular weight excluding hydrogens is 270 g/mol. The van der Waals surface area contributed by atoms with Gasteiger partial charge in [-0.25, -0.2) is 0 Å². The Kier molecular flexibility index (Phi) is 6.10. The molecule has 0 amide bonds. The Balaban J connectivity index is 1.74. The maximum absolute atomic E-state index is 10.6. The third-order valence-electron chi connectivity index (χ3n) is 3.79. The molecule has 1 aromatic carbocycles. The molecule has 1 fully saturated rings. The average Bonchev–Trinajstić information content (AvgIpc) is 2.50. The van der Waals surface area contributed by atoms with E-state index in [1.165, 1.54) is 0 Å². The highest BCUT2D eigenvalue weighted by molar-refractivity contribution is 5.32. The highest BCUT2D eigenvalue weighted by Gasteiger charge is 2.19. The highest BCUT2D eigenvalue weighted by Crippen LogP contribution is 2.18. The minimum atomic E-state index is -0.367. The molecule has 0 radical (unpaired) electrons. The van der Waals surface area contributed by atoms with Crippen LogP contribution in [-0.4, -0.2) is 42.2 Å². The molecule has 2 rings (SSSR count). The zero-order valence-electron chi connectivity index (χ0n) is 12.2. The number of likely N-dealkylation sites (tertiary alicyclic amines) is 1. The zero-order chi connectivity index (χ0) is 15.1. The van der Waals surface area contributed by atoms with Crippen LogP contribution in [0, 0.1) is 10.1 Å². The molecule has 0 bridgehead atoms. The van der Waals surface area contributed by atoms with Crippen molar-refractivity contribution in [1.29, 1.82) is 0 Å². The molecule has 0 atom stereocenters. The quantitative estimate of drug-likeness (QED) is 0.472. The Morgan fingerprint density at radius 3 is 2.52 bits per heavy atom. The molecule has 1 aliphatic heterocycles. The van der Waals surface area contributed by atoms with Crippen LogP contribution in [0.3, 0.4) is 0 Å². The van der Waals surface area contributed by atoms with Gasteiger partial charge in [0.2, 0.25) is 0 Å². The predicted octanol–water partition coefficient (Wildman–Crippen LogP) is 1.92. The number of ether oxygens (including phenoxy) is 1. The smallest absolute Gasteiger partial charge is 0.269 e. The normalized spacial score (nSPS) is 17.0. The number of hydrogen-bond donors (Lipinski definition) is 1. The van der Waals surface area contributed by atoms with E-state index in [9.17, 15) is 10.1 Å². The lowest BCUT2D eigenvalue weighted by molar-refractivity contribution is -0.384. The minimum absolute atomic E-state index is 0.144. The number of non-ortho nitro benzene ring substituents is 1. The van der Waals surface area contributed by atoms with Crippen molar-refractivity contribution in [3.63, 3.8) is 0 Å². The van der Waals surface area contributed by atoms with Crippen molar-refractivity contribution >= 4 is 5.69 Å². The second kappa shape index (κ2) is 8.07. The summed E-state index contributed by atoms with van der Waals surface area (Å²) in [5.41, 5.74) is 6.71. The van der Waals surface area contributed by atoms with Gasteiger partial charge in [-0.3, -0.25) is 15.0 Å². The molecule has 6 heteroatoms. The van der Waals surface area contributed by atoms with Crippen molar-refractivity contribution < 1.29 is 9.66 Å². The van der Waals surface area contributed by atoms with Crippen LogP contribution in [0.4, 0.5) is 5.69 Å². The van der Waals surface area contributed by atoms with Crippen LogP contribution in [0.2, 0.25) is 0 Å². The van der Waals surface area contributed by atoms with Crippen LogP contribution in [0.15, 0.2) is 24.3 Å². The van der Waals surface area contributed by atoms with E-state index in [2.05, 4.69) is 4.90 Å². The number of nitro groups is 1. The van der Waals surface area contributed by atoms with Crippen molar-refractivity contribution in [3.05, 3.63) is 39.9 Å². The summed E-state index contributed by atoms with van der Waals surface area (Å²) in [5, 5.41) is 10.6. The maximum Gasteiger partial charge on any atom is 0.269 e. The van der Waals surface area contributed by atoms with Crippen LogP contribution in [0.25, 0.3) is 0 Å². The molecule has 0 unspecified atom stereocenters. The van der Waals surface area contributed by atoms with E-state index in [0.29, 0.717) is 12.6 Å². The summed E-state index contributed by atoms with van der Waals surface area (Å²) in [7, 11) is 0. The molecule has 1 saturated heterocycles. The number of benzene rings is 1. The van der Waals surface area contributed by atoms with E-state index in [0.717, 1.165) is 51.1 Å². The SMILES string of the molecule is NCCCOC1CCN(Cc2ccc([N+](=O)[O-])cc2)CC1. The first-order valence-corrected chi connectivity index (χ1v) is 7.46. The van der Waals surface area contributed by atoms with Gasteiger partial charge >= 0.3 is 0 Å². The lowest BCUT2D eigenvalue weighted by Crippen LogP contribution is -2.36. The number of rotatable bonds is 7. The zero-order valence-corrected chi connectivity index (χ0v) is 12.2. The van der Waals surface area contributed by atoms with Gasteiger partial charge in [0, 0.05) is 38.4 Å². The first-order chi connectivity index (χ1) is 10.2. The summed E-state index contributed by atoms with van der Waals surface area (Å²) in [6.45, 7) is 4.28. The standard InChI is InChI=1S/C15H23N3O3/c16-8-1-11-21-15-6-9-17(10-7-15)12-13-2-4-14(5-3-13)18(19)20/h2-5,15H,1,6-12,16H2. The van der Waals surface area contributed by atoms with E-state index in [-0.39, 0.29) is 10.6 Å². The van der Waals surface area contributed by atoms with Crippen LogP contribution in [0.5, 0.6) is 0 Å². The van der Waals surface area contributed by atoms with Gasteiger partial charge in [-0.15, -0.1) is 0 Å². The van der Waals surface area contributed by atoms with Gasteiger partial charge in [0.25, 0.3) is 5.69 Å². The number of nitrogens with two attached hydrogens (primary N) is 1. The van der Waals surface area contributed by atoms with Gasteiger partial charge in [0.15, 0.2) is 0 Å². The Bertz CT molecular complexity index is 442. The number of nitro benzene ring substituents is 1. The maximum atomic E-state index is 10.6. The van der Waals surface area contributed by atoms with Crippen molar-refractivity contribution in [2.45, 2.75) is 31.9 Å². The third-order valence-corrected chi connectivity index (χ3v) is 3.79. The number of nitrogens with zero attached hydrogens (tertiary/aromatic N) is 2. The fourth-order valence-electron chi connectivity index (χ4n) is 2.55. The number of piperidine rings is 1. The molecule has 1 aliphatic rings. The van der Waals surface area contributed by atoms with E-state index >= 15 is 0 Å². The van der Waals surface area contributed by atoms with Gasteiger partial charge in [-0.05, 0) is 31.4 Å². The van der Waals surface area contributed by atoms with Crippen LogP contribution in [0.1, 0.15) is 24.8 Å². The summed E-state index contributed by atoms with van der Waals surface area (Å²) in [4.78, 5) is 12.6. The molecule has 1 aromatic rings. The molecular formula is C15H23N3O3. The largest absolute Gasteiger partial charge is 0.378 e. The van der Waals surface area contributed by atoms with Crippen LogP contribution < -0.4 is 5.73 Å². The summed E-state index contributed by atoms with van der Waals surface area (Å²) < 4.78 is 5.78. The Labute approximate surface area is 125 Å². The topological polar surface area (TPSA) is 81.6 Å². The lowest BCUT2D eigenvalue weighted by atomic mass is 10.1. The highest BCUT2D eigenvalue weighted by atomic mass is 16.6. The average molecular weight is 293 g/mol. The first kappa shape index (κ1) is 15.9. The predicted molar refractivity (Wildman–Crippen MR) is 81.0 cm³/mol. The number of hydrogen-bond acceptors (Lipinski definition) is 5. The van der Waals surface area contributed by atoms with Crippen LogP contribution >= 0.6 is 0 Å². The summed E-state index contributed by atoms with van der Waals surface area (Å²) in [6.07, 6.45) is 3.35. The summed E-state index contributed by atoms with van der Waals surface area (Å²) in [6, 6.07) is 6.81.